The summed E-state index contributed by atoms with van der Waals surface area (Å²) >= 11 is 15.1. The van der Waals surface area contributed by atoms with E-state index in [1.807, 2.05) is 19.9 Å². The van der Waals surface area contributed by atoms with Crippen molar-refractivity contribution in [1.29, 1.82) is 0 Å². The van der Waals surface area contributed by atoms with E-state index in [0.717, 1.165) is 15.6 Å². The van der Waals surface area contributed by atoms with E-state index in [9.17, 15) is 4.79 Å². The smallest absolute Gasteiger partial charge is 0.409 e. The van der Waals surface area contributed by atoms with Crippen LogP contribution in [0.15, 0.2) is 34.8 Å². The molecule has 3 nitrogen and oxygen atoms in total. The molecule has 1 amide bonds. The second kappa shape index (κ2) is 6.69. The topological polar surface area (TPSA) is 38.3 Å². The summed E-state index contributed by atoms with van der Waals surface area (Å²) in [5, 5.41) is 3.38. The van der Waals surface area contributed by atoms with Gasteiger partial charge in [-0.2, -0.15) is 0 Å². The van der Waals surface area contributed by atoms with Crippen LogP contribution in [0.2, 0.25) is 10.0 Å². The summed E-state index contributed by atoms with van der Waals surface area (Å²) in [6, 6.07) is 8.50. The van der Waals surface area contributed by atoms with Gasteiger partial charge in [-0.15, -0.1) is 0 Å². The predicted molar refractivity (Wildman–Crippen MR) is 89.7 cm³/mol. The molecule has 0 unspecified atom stereocenters. The van der Waals surface area contributed by atoms with Crippen LogP contribution < -0.4 is 10.1 Å². The van der Waals surface area contributed by atoms with Crippen molar-refractivity contribution < 1.29 is 9.53 Å². The van der Waals surface area contributed by atoms with Crippen molar-refractivity contribution in [3.05, 3.63) is 56.0 Å². The molecule has 0 aromatic heterocycles. The molecule has 0 saturated heterocycles. The fourth-order valence-corrected chi connectivity index (χ4v) is 2.49. The van der Waals surface area contributed by atoms with Gasteiger partial charge in [0.25, 0.3) is 0 Å². The molecule has 2 aromatic carbocycles. The fourth-order valence-electron chi connectivity index (χ4n) is 1.65. The van der Waals surface area contributed by atoms with Gasteiger partial charge in [0.2, 0.25) is 0 Å². The normalized spacial score (nSPS) is 10.3. The van der Waals surface area contributed by atoms with Gasteiger partial charge in [-0.05, 0) is 71.2 Å². The first kappa shape index (κ1) is 16.1. The highest BCUT2D eigenvalue weighted by Crippen LogP contribution is 2.29. The lowest BCUT2D eigenvalue weighted by Gasteiger charge is -2.10. The zero-order valence-electron chi connectivity index (χ0n) is 11.3. The highest BCUT2D eigenvalue weighted by Gasteiger charge is 2.10. The molecule has 0 atom stereocenters. The van der Waals surface area contributed by atoms with Crippen LogP contribution in [-0.2, 0) is 0 Å². The summed E-state index contributed by atoms with van der Waals surface area (Å²) < 4.78 is 6.00. The van der Waals surface area contributed by atoms with Crippen molar-refractivity contribution in [2.45, 2.75) is 13.8 Å². The first-order chi connectivity index (χ1) is 9.86. The second-order valence-electron chi connectivity index (χ2n) is 4.51. The molecule has 0 spiro atoms. The molecule has 0 radical (unpaired) electrons. The Kier molecular flexibility index (Phi) is 5.14. The van der Waals surface area contributed by atoms with Gasteiger partial charge in [-0.1, -0.05) is 23.2 Å². The van der Waals surface area contributed by atoms with E-state index >= 15 is 0 Å². The van der Waals surface area contributed by atoms with E-state index in [-0.39, 0.29) is 0 Å². The van der Waals surface area contributed by atoms with E-state index in [1.165, 1.54) is 0 Å². The van der Waals surface area contributed by atoms with Crippen LogP contribution in [0, 0.1) is 13.8 Å². The number of nitrogens with one attached hydrogen (secondary N) is 1. The molecule has 0 fully saturated rings. The Bertz CT molecular complexity index is 704. The minimum Gasteiger partial charge on any atom is -0.409 e. The Morgan fingerprint density at radius 3 is 2.43 bits per heavy atom. The lowest BCUT2D eigenvalue weighted by atomic mass is 10.1. The number of halogens is 3. The molecular formula is C15H12BrCl2NO2. The summed E-state index contributed by atoms with van der Waals surface area (Å²) in [6.45, 7) is 3.94. The minimum atomic E-state index is -0.600. The van der Waals surface area contributed by atoms with Gasteiger partial charge in [0.1, 0.15) is 5.75 Å². The maximum Gasteiger partial charge on any atom is 0.417 e. The Labute approximate surface area is 141 Å². The Balaban J connectivity index is 2.11. The number of hydrogen-bond donors (Lipinski definition) is 1. The standard InChI is InChI=1S/C15H12BrCl2NO2/c1-8-5-11(16)14(6-9(8)2)21-15(20)19-10-3-4-12(17)13(18)7-10/h3-7H,1-2H3,(H,19,20). The number of benzene rings is 2. The first-order valence-electron chi connectivity index (χ1n) is 6.07. The van der Waals surface area contributed by atoms with Crippen LogP contribution in [0.1, 0.15) is 11.1 Å². The number of anilines is 1. The summed E-state index contributed by atoms with van der Waals surface area (Å²) in [5.41, 5.74) is 2.66. The van der Waals surface area contributed by atoms with Crippen LogP contribution in [0.4, 0.5) is 10.5 Å². The quantitative estimate of drug-likeness (QED) is 0.686. The number of rotatable bonds is 2. The third-order valence-electron chi connectivity index (χ3n) is 2.92. The molecule has 0 saturated carbocycles. The van der Waals surface area contributed by atoms with Gasteiger partial charge in [-0.3, -0.25) is 5.32 Å². The maximum absolute atomic E-state index is 11.9. The fraction of sp³-hybridized carbons (Fsp3) is 0.133. The zero-order valence-corrected chi connectivity index (χ0v) is 14.4. The zero-order chi connectivity index (χ0) is 15.6. The molecule has 0 aliphatic carbocycles. The Hall–Kier alpha value is -1.23. The predicted octanol–water partition coefficient (Wildman–Crippen LogP) is 5.98. The third-order valence-corrected chi connectivity index (χ3v) is 4.28. The van der Waals surface area contributed by atoms with Crippen LogP contribution in [0.5, 0.6) is 5.75 Å². The number of aryl methyl sites for hydroxylation is 2. The summed E-state index contributed by atoms with van der Waals surface area (Å²) in [5.74, 6) is 0.454. The van der Waals surface area contributed by atoms with Crippen molar-refractivity contribution in [3.63, 3.8) is 0 Å². The average molecular weight is 389 g/mol. The molecule has 6 heteroatoms. The third kappa shape index (κ3) is 4.13. The first-order valence-corrected chi connectivity index (χ1v) is 7.62. The maximum atomic E-state index is 11.9. The van der Waals surface area contributed by atoms with Crippen molar-refractivity contribution in [2.24, 2.45) is 0 Å². The van der Waals surface area contributed by atoms with Crippen molar-refractivity contribution in [3.8, 4) is 5.75 Å². The molecule has 0 heterocycles. The van der Waals surface area contributed by atoms with Gasteiger partial charge in [-0.25, -0.2) is 4.79 Å². The SMILES string of the molecule is Cc1cc(Br)c(OC(=O)Nc2ccc(Cl)c(Cl)c2)cc1C. The lowest BCUT2D eigenvalue weighted by molar-refractivity contribution is 0.215. The molecule has 1 N–H and O–H groups in total. The van der Waals surface area contributed by atoms with E-state index in [0.29, 0.717) is 21.5 Å². The number of amides is 1. The van der Waals surface area contributed by atoms with E-state index in [1.54, 1.807) is 24.3 Å². The summed E-state index contributed by atoms with van der Waals surface area (Å²) in [6.07, 6.45) is -0.600. The highest BCUT2D eigenvalue weighted by atomic mass is 79.9. The lowest BCUT2D eigenvalue weighted by Crippen LogP contribution is -2.17. The minimum absolute atomic E-state index is 0.363. The summed E-state index contributed by atoms with van der Waals surface area (Å²) in [7, 11) is 0. The van der Waals surface area contributed by atoms with E-state index in [2.05, 4.69) is 21.2 Å². The Morgan fingerprint density at radius 1 is 1.10 bits per heavy atom. The molecule has 21 heavy (non-hydrogen) atoms. The molecule has 0 aliphatic rings. The number of hydrogen-bond acceptors (Lipinski definition) is 2. The van der Waals surface area contributed by atoms with Crippen LogP contribution in [0.3, 0.4) is 0 Å². The van der Waals surface area contributed by atoms with Crippen molar-refractivity contribution >= 4 is 50.9 Å². The molecule has 110 valence electrons. The van der Waals surface area contributed by atoms with Crippen LogP contribution in [0.25, 0.3) is 0 Å². The van der Waals surface area contributed by atoms with Crippen molar-refractivity contribution in [1.82, 2.24) is 0 Å². The monoisotopic (exact) mass is 387 g/mol. The van der Waals surface area contributed by atoms with Gasteiger partial charge in [0.15, 0.2) is 0 Å². The number of carbonyl (C=O) groups excluding carboxylic acids is 1. The van der Waals surface area contributed by atoms with E-state index < -0.39 is 6.09 Å². The molecule has 2 rings (SSSR count). The Morgan fingerprint density at radius 2 is 1.76 bits per heavy atom. The molecule has 0 bridgehead atoms. The van der Waals surface area contributed by atoms with Crippen molar-refractivity contribution in [2.75, 3.05) is 5.32 Å². The molecular weight excluding hydrogens is 377 g/mol. The number of carbonyl (C=O) groups is 1. The van der Waals surface area contributed by atoms with Crippen LogP contribution >= 0.6 is 39.1 Å². The van der Waals surface area contributed by atoms with E-state index in [4.69, 9.17) is 27.9 Å². The number of ether oxygens (including phenoxy) is 1. The van der Waals surface area contributed by atoms with Crippen LogP contribution in [-0.4, -0.2) is 6.09 Å². The highest BCUT2D eigenvalue weighted by molar-refractivity contribution is 9.10. The summed E-state index contributed by atoms with van der Waals surface area (Å²) in [4.78, 5) is 11.9. The second-order valence-corrected chi connectivity index (χ2v) is 6.18. The molecule has 0 aliphatic heterocycles. The van der Waals surface area contributed by atoms with Gasteiger partial charge in [0, 0.05) is 5.69 Å². The van der Waals surface area contributed by atoms with Gasteiger partial charge < -0.3 is 4.74 Å². The van der Waals surface area contributed by atoms with Gasteiger partial charge in [0.05, 0.1) is 14.5 Å². The van der Waals surface area contributed by atoms with Gasteiger partial charge >= 0.3 is 6.09 Å². The average Bonchev–Trinajstić information content (AvgIpc) is 2.40. The molecule has 2 aromatic rings. The largest absolute Gasteiger partial charge is 0.417 e.